The van der Waals surface area contributed by atoms with E-state index >= 15 is 0 Å². The van der Waals surface area contributed by atoms with Crippen LogP contribution in [0.3, 0.4) is 0 Å². The van der Waals surface area contributed by atoms with Gasteiger partial charge in [-0.2, -0.15) is 9.98 Å². The fourth-order valence-corrected chi connectivity index (χ4v) is 3.96. The summed E-state index contributed by atoms with van der Waals surface area (Å²) in [5.41, 5.74) is 1.92. The van der Waals surface area contributed by atoms with Crippen molar-refractivity contribution in [2.75, 3.05) is 0 Å². The molecule has 2 aromatic carbocycles. The summed E-state index contributed by atoms with van der Waals surface area (Å²) in [4.78, 5) is 27.0. The van der Waals surface area contributed by atoms with Crippen molar-refractivity contribution in [3.63, 3.8) is 0 Å². The number of aliphatic imine (C=N–C) groups is 2. The molecule has 4 nitrogen and oxygen atoms in total. The number of hydrogen-bond donors (Lipinski definition) is 0. The third kappa shape index (κ3) is 6.19. The summed E-state index contributed by atoms with van der Waals surface area (Å²) in [6.45, 7) is 2.07. The molecule has 0 fully saturated rings. The molecular formula is C16H8Br2Cl4N2O2. The van der Waals surface area contributed by atoms with Gasteiger partial charge < -0.3 is 0 Å². The smallest absolute Gasteiger partial charge is 0.211 e. The van der Waals surface area contributed by atoms with Gasteiger partial charge in [-0.05, 0) is 62.0 Å². The zero-order chi connectivity index (χ0) is 19.9. The SMILES string of the molecule is CCc1cc(Br)c(N=C=O)c(Br)c1.O=C=Nc1cc(Cl)c(Cl)c(Cl)c1Cl. The first-order chi connectivity index (χ1) is 12.3. The molecule has 0 N–H and O–H groups in total. The summed E-state index contributed by atoms with van der Waals surface area (Å²) in [6, 6.07) is 5.23. The zero-order valence-electron chi connectivity index (χ0n) is 12.9. The topological polar surface area (TPSA) is 58.9 Å². The maximum Gasteiger partial charge on any atom is 0.240 e. The first-order valence-corrected chi connectivity index (χ1v) is 9.83. The minimum atomic E-state index is 0.0739. The van der Waals surface area contributed by atoms with Crippen LogP contribution in [0.4, 0.5) is 11.4 Å². The predicted molar refractivity (Wildman–Crippen MR) is 113 cm³/mol. The van der Waals surface area contributed by atoms with E-state index in [-0.39, 0.29) is 25.8 Å². The van der Waals surface area contributed by atoms with Crippen molar-refractivity contribution in [1.29, 1.82) is 0 Å². The summed E-state index contributed by atoms with van der Waals surface area (Å²) >= 11 is 29.4. The molecule has 0 saturated heterocycles. The molecule has 0 spiro atoms. The van der Waals surface area contributed by atoms with Gasteiger partial charge in [0.15, 0.2) is 0 Å². The van der Waals surface area contributed by atoms with Crippen LogP contribution in [0.25, 0.3) is 0 Å². The predicted octanol–water partition coefficient (Wildman–Crippen LogP) is 8.01. The monoisotopic (exact) mass is 558 g/mol. The lowest BCUT2D eigenvalue weighted by molar-refractivity contribution is 0.564. The van der Waals surface area contributed by atoms with Crippen molar-refractivity contribution < 1.29 is 9.59 Å². The zero-order valence-corrected chi connectivity index (χ0v) is 19.1. The minimum Gasteiger partial charge on any atom is -0.211 e. The fourth-order valence-electron chi connectivity index (χ4n) is 1.67. The third-order valence-corrected chi connectivity index (χ3v) is 5.84. The van der Waals surface area contributed by atoms with Gasteiger partial charge in [0.05, 0.1) is 25.8 Å². The number of rotatable bonds is 3. The molecule has 0 aliphatic heterocycles. The van der Waals surface area contributed by atoms with Crippen molar-refractivity contribution in [2.24, 2.45) is 9.98 Å². The van der Waals surface area contributed by atoms with E-state index in [0.29, 0.717) is 5.69 Å². The number of hydrogen-bond acceptors (Lipinski definition) is 4. The molecule has 2 rings (SSSR count). The highest BCUT2D eigenvalue weighted by molar-refractivity contribution is 9.11. The first-order valence-electron chi connectivity index (χ1n) is 6.73. The first kappa shape index (κ1) is 23.4. The Bertz CT molecular complexity index is 902. The highest BCUT2D eigenvalue weighted by Gasteiger charge is 2.12. The van der Waals surface area contributed by atoms with Crippen LogP contribution < -0.4 is 0 Å². The number of isocyanates is 2. The second-order valence-corrected chi connectivity index (χ2v) is 7.74. The van der Waals surface area contributed by atoms with Crippen LogP contribution >= 0.6 is 78.3 Å². The maximum atomic E-state index is 10.1. The van der Waals surface area contributed by atoms with Crippen molar-refractivity contribution in [1.82, 2.24) is 0 Å². The highest BCUT2D eigenvalue weighted by Crippen LogP contribution is 2.41. The van der Waals surface area contributed by atoms with Crippen LogP contribution in [0.5, 0.6) is 0 Å². The number of carbonyl (C=O) groups excluding carboxylic acids is 2. The molecule has 0 atom stereocenters. The molecule has 2 aromatic rings. The van der Waals surface area contributed by atoms with Gasteiger partial charge in [-0.3, -0.25) is 0 Å². The molecule has 0 saturated carbocycles. The van der Waals surface area contributed by atoms with Gasteiger partial charge in [-0.1, -0.05) is 53.3 Å². The lowest BCUT2D eigenvalue weighted by Gasteiger charge is -2.03. The lowest BCUT2D eigenvalue weighted by Crippen LogP contribution is -1.81. The lowest BCUT2D eigenvalue weighted by atomic mass is 10.1. The summed E-state index contributed by atoms with van der Waals surface area (Å²) in [5, 5.41) is 0.479. The second kappa shape index (κ2) is 11.2. The summed E-state index contributed by atoms with van der Waals surface area (Å²) < 4.78 is 1.61. The summed E-state index contributed by atoms with van der Waals surface area (Å²) in [6.07, 6.45) is 3.79. The van der Waals surface area contributed by atoms with Gasteiger partial charge in [0.25, 0.3) is 0 Å². The van der Waals surface area contributed by atoms with Crippen molar-refractivity contribution >= 4 is 102 Å². The average molecular weight is 562 g/mol. The molecule has 26 heavy (non-hydrogen) atoms. The number of aryl methyl sites for hydroxylation is 1. The van der Waals surface area contributed by atoms with Gasteiger partial charge in [0.2, 0.25) is 12.2 Å². The number of nitrogens with zero attached hydrogens (tertiary/aromatic N) is 2. The van der Waals surface area contributed by atoms with Crippen LogP contribution in [0.15, 0.2) is 37.1 Å². The van der Waals surface area contributed by atoms with Gasteiger partial charge in [0, 0.05) is 8.95 Å². The molecule has 0 radical (unpaired) electrons. The molecule has 0 bridgehead atoms. The van der Waals surface area contributed by atoms with Gasteiger partial charge in [-0.25, -0.2) is 9.59 Å². The Morgan fingerprint density at radius 3 is 1.88 bits per heavy atom. The van der Waals surface area contributed by atoms with Crippen LogP contribution in [0, 0.1) is 0 Å². The maximum absolute atomic E-state index is 10.1. The Balaban J connectivity index is 0.000000260. The Hall–Kier alpha value is -0.680. The van der Waals surface area contributed by atoms with Crippen LogP contribution in [-0.2, 0) is 16.0 Å². The second-order valence-electron chi connectivity index (χ2n) is 4.49. The standard InChI is InChI=1S/C9H7Br2NO.C7HCl4NO/c1-2-6-3-7(10)9(12-5-13)8(11)4-6;8-3-1-4(12-2-13)6(10)7(11)5(3)9/h3-4H,2H2,1H3;1H. The normalized spacial score (nSPS) is 9.50. The molecule has 0 heterocycles. The Morgan fingerprint density at radius 2 is 1.42 bits per heavy atom. The quantitative estimate of drug-likeness (QED) is 0.165. The van der Waals surface area contributed by atoms with Gasteiger partial charge >= 0.3 is 0 Å². The number of benzene rings is 2. The van der Waals surface area contributed by atoms with Crippen LogP contribution in [0.2, 0.25) is 20.1 Å². The van der Waals surface area contributed by atoms with Gasteiger partial charge in [-0.15, -0.1) is 0 Å². The molecule has 0 unspecified atom stereocenters. The van der Waals surface area contributed by atoms with Crippen molar-refractivity contribution in [3.05, 3.63) is 52.8 Å². The fraction of sp³-hybridized carbons (Fsp3) is 0.125. The Morgan fingerprint density at radius 1 is 0.885 bits per heavy atom. The van der Waals surface area contributed by atoms with Crippen LogP contribution in [0.1, 0.15) is 12.5 Å². The van der Waals surface area contributed by atoms with E-state index in [0.717, 1.165) is 15.4 Å². The van der Waals surface area contributed by atoms with Crippen LogP contribution in [-0.4, -0.2) is 12.2 Å². The Kier molecular flexibility index (Phi) is 10.1. The minimum absolute atomic E-state index is 0.0739. The van der Waals surface area contributed by atoms with E-state index in [2.05, 4.69) is 48.8 Å². The highest BCUT2D eigenvalue weighted by atomic mass is 79.9. The van der Waals surface area contributed by atoms with Crippen molar-refractivity contribution in [3.8, 4) is 0 Å². The van der Waals surface area contributed by atoms with E-state index in [1.54, 1.807) is 0 Å². The molecule has 0 aliphatic carbocycles. The molecular weight excluding hydrogens is 554 g/mol. The molecule has 10 heteroatoms. The number of halogens is 6. The van der Waals surface area contributed by atoms with E-state index in [4.69, 9.17) is 46.4 Å². The Labute approximate surface area is 186 Å². The van der Waals surface area contributed by atoms with Crippen molar-refractivity contribution in [2.45, 2.75) is 13.3 Å². The molecule has 0 aromatic heterocycles. The summed E-state index contributed by atoms with van der Waals surface area (Å²) in [7, 11) is 0. The average Bonchev–Trinajstić information content (AvgIpc) is 2.61. The molecule has 0 amide bonds. The van der Waals surface area contributed by atoms with E-state index in [1.807, 2.05) is 12.1 Å². The van der Waals surface area contributed by atoms with E-state index < -0.39 is 0 Å². The van der Waals surface area contributed by atoms with Gasteiger partial charge in [0.1, 0.15) is 5.69 Å². The largest absolute Gasteiger partial charge is 0.240 e. The van der Waals surface area contributed by atoms with E-state index in [1.165, 1.54) is 23.8 Å². The third-order valence-electron chi connectivity index (χ3n) is 2.89. The summed E-state index contributed by atoms with van der Waals surface area (Å²) in [5.74, 6) is 0. The molecule has 136 valence electrons. The molecule has 0 aliphatic rings. The van der Waals surface area contributed by atoms with E-state index in [9.17, 15) is 9.59 Å².